The van der Waals surface area contributed by atoms with Crippen LogP contribution < -0.4 is 9.64 Å². The summed E-state index contributed by atoms with van der Waals surface area (Å²) in [6.07, 6.45) is 9.47. The van der Waals surface area contributed by atoms with Gasteiger partial charge in [-0.05, 0) is 62.1 Å². The smallest absolute Gasteiger partial charge is 0.416 e. The van der Waals surface area contributed by atoms with Gasteiger partial charge in [0.15, 0.2) is 0 Å². The molecule has 0 radical (unpaired) electrons. The first-order chi connectivity index (χ1) is 16.2. The summed E-state index contributed by atoms with van der Waals surface area (Å²) in [6, 6.07) is 14.5. The van der Waals surface area contributed by atoms with Gasteiger partial charge in [0.25, 0.3) is 0 Å². The number of carbonyl (C=O) groups excluding carboxylic acids is 1. The Balaban J connectivity index is 1.41. The molecule has 4 heterocycles. The molecule has 1 aliphatic heterocycles. The lowest BCUT2D eigenvalue weighted by molar-refractivity contribution is 0.00312. The fraction of sp³-hybridized carbons (Fsp3) is 0.280. The van der Waals surface area contributed by atoms with E-state index in [-0.39, 0.29) is 12.1 Å². The normalized spacial score (nSPS) is 19.7. The summed E-state index contributed by atoms with van der Waals surface area (Å²) in [6.45, 7) is 0. The molecule has 1 N–H and O–H groups in total. The van der Waals surface area contributed by atoms with Crippen molar-refractivity contribution in [1.29, 1.82) is 0 Å². The lowest BCUT2D eigenvalue weighted by Crippen LogP contribution is -2.41. The molecule has 6 rings (SSSR count). The molecule has 2 fully saturated rings. The number of fused-ring (bicyclic) bond motifs is 1. The zero-order valence-electron chi connectivity index (χ0n) is 18.0. The average Bonchev–Trinajstić information content (AvgIpc) is 3.38. The standard InChI is InChI=1S/C25H23N5O3/c31-24-30(21-8-2-5-14-27-21)22(25(33-24)11-3-1-4-12-25)23-28-19-10-9-17(15-20(19)29-23)32-18-7-6-13-26-16-18/h2,5-10,13-16,22H,1,3-4,11-12H2,(H,28,29)/t22-/m1/s1. The Bertz CT molecular complexity index is 1290. The number of benzene rings is 1. The molecule has 0 bridgehead atoms. The maximum atomic E-state index is 13.1. The molecule has 1 saturated carbocycles. The van der Waals surface area contributed by atoms with Crippen molar-refractivity contribution >= 4 is 22.9 Å². The molecule has 1 aliphatic carbocycles. The number of rotatable bonds is 4. The molecule has 1 amide bonds. The van der Waals surface area contributed by atoms with E-state index in [1.54, 1.807) is 23.5 Å². The quantitative estimate of drug-likeness (QED) is 0.447. The summed E-state index contributed by atoms with van der Waals surface area (Å²) in [5, 5.41) is 0. The number of aromatic amines is 1. The fourth-order valence-corrected chi connectivity index (χ4v) is 4.98. The highest BCUT2D eigenvalue weighted by Gasteiger charge is 2.57. The Morgan fingerprint density at radius 2 is 1.94 bits per heavy atom. The van der Waals surface area contributed by atoms with E-state index in [1.807, 2.05) is 48.5 Å². The van der Waals surface area contributed by atoms with E-state index >= 15 is 0 Å². The minimum absolute atomic E-state index is 0.373. The van der Waals surface area contributed by atoms with Gasteiger partial charge in [-0.15, -0.1) is 0 Å². The van der Waals surface area contributed by atoms with Gasteiger partial charge in [0.05, 0.1) is 17.2 Å². The number of carbonyl (C=O) groups is 1. The van der Waals surface area contributed by atoms with Crippen molar-refractivity contribution in [3.8, 4) is 11.5 Å². The third kappa shape index (κ3) is 3.47. The van der Waals surface area contributed by atoms with Gasteiger partial charge in [0.2, 0.25) is 0 Å². The molecule has 166 valence electrons. The second-order valence-corrected chi connectivity index (χ2v) is 8.55. The lowest BCUT2D eigenvalue weighted by atomic mass is 9.79. The number of aromatic nitrogens is 4. The first-order valence-electron chi connectivity index (χ1n) is 11.2. The summed E-state index contributed by atoms with van der Waals surface area (Å²) >= 11 is 0. The number of H-pyrrole nitrogens is 1. The summed E-state index contributed by atoms with van der Waals surface area (Å²) in [4.78, 5) is 31.6. The average molecular weight is 441 g/mol. The summed E-state index contributed by atoms with van der Waals surface area (Å²) in [5.74, 6) is 2.60. The van der Waals surface area contributed by atoms with Crippen LogP contribution in [0.5, 0.6) is 11.5 Å². The molecule has 0 unspecified atom stereocenters. The molecule has 33 heavy (non-hydrogen) atoms. The molecule has 8 nitrogen and oxygen atoms in total. The van der Waals surface area contributed by atoms with Crippen LogP contribution in [0.3, 0.4) is 0 Å². The number of anilines is 1. The van der Waals surface area contributed by atoms with Crippen LogP contribution in [0.25, 0.3) is 11.0 Å². The molecule has 8 heteroatoms. The minimum Gasteiger partial charge on any atom is -0.456 e. The highest BCUT2D eigenvalue weighted by Crippen LogP contribution is 2.50. The molecule has 1 spiro atoms. The van der Waals surface area contributed by atoms with Crippen LogP contribution in [0, 0.1) is 0 Å². The van der Waals surface area contributed by atoms with E-state index in [4.69, 9.17) is 14.5 Å². The Morgan fingerprint density at radius 1 is 1.03 bits per heavy atom. The summed E-state index contributed by atoms with van der Waals surface area (Å²) in [5.41, 5.74) is 1.02. The van der Waals surface area contributed by atoms with Crippen LogP contribution in [0.15, 0.2) is 67.1 Å². The van der Waals surface area contributed by atoms with Crippen molar-refractivity contribution in [2.24, 2.45) is 0 Å². The van der Waals surface area contributed by atoms with Crippen molar-refractivity contribution in [2.45, 2.75) is 43.7 Å². The number of ether oxygens (including phenoxy) is 2. The number of pyridine rings is 2. The maximum absolute atomic E-state index is 13.1. The van der Waals surface area contributed by atoms with E-state index in [0.29, 0.717) is 23.1 Å². The lowest BCUT2D eigenvalue weighted by Gasteiger charge is -2.36. The molecule has 2 aliphatic rings. The van der Waals surface area contributed by atoms with Crippen molar-refractivity contribution < 1.29 is 14.3 Å². The van der Waals surface area contributed by atoms with Gasteiger partial charge in [-0.2, -0.15) is 0 Å². The molecule has 1 atom stereocenters. The Morgan fingerprint density at radius 3 is 2.73 bits per heavy atom. The monoisotopic (exact) mass is 441 g/mol. The summed E-state index contributed by atoms with van der Waals surface area (Å²) in [7, 11) is 0. The van der Waals surface area contributed by atoms with E-state index in [0.717, 1.165) is 43.1 Å². The van der Waals surface area contributed by atoms with Crippen molar-refractivity contribution in [3.05, 3.63) is 72.9 Å². The number of nitrogens with one attached hydrogen (secondary N) is 1. The van der Waals surface area contributed by atoms with Crippen molar-refractivity contribution in [3.63, 3.8) is 0 Å². The second kappa shape index (κ2) is 7.88. The van der Waals surface area contributed by atoms with Crippen LogP contribution >= 0.6 is 0 Å². The SMILES string of the molecule is O=C1OC2(CCCCC2)[C@@H](c2nc3ccc(Oc4cccnc4)cc3[nH]2)N1c1ccccn1. The number of amides is 1. The third-order valence-electron chi connectivity index (χ3n) is 6.44. The van der Waals surface area contributed by atoms with Gasteiger partial charge in [0.1, 0.15) is 34.8 Å². The van der Waals surface area contributed by atoms with Gasteiger partial charge in [-0.25, -0.2) is 19.7 Å². The van der Waals surface area contributed by atoms with Gasteiger partial charge in [-0.1, -0.05) is 12.5 Å². The topological polar surface area (TPSA) is 93.2 Å². The van der Waals surface area contributed by atoms with Crippen LogP contribution in [0.1, 0.15) is 44.0 Å². The molecule has 3 aromatic heterocycles. The number of imidazole rings is 1. The van der Waals surface area contributed by atoms with Gasteiger partial charge in [0, 0.05) is 18.5 Å². The van der Waals surface area contributed by atoms with Crippen LogP contribution in [-0.2, 0) is 4.74 Å². The van der Waals surface area contributed by atoms with Gasteiger partial charge < -0.3 is 14.5 Å². The number of hydrogen-bond acceptors (Lipinski definition) is 6. The van der Waals surface area contributed by atoms with Crippen LogP contribution in [0.4, 0.5) is 10.6 Å². The largest absolute Gasteiger partial charge is 0.456 e. The number of nitrogens with zero attached hydrogens (tertiary/aromatic N) is 4. The molecular formula is C25H23N5O3. The first kappa shape index (κ1) is 19.7. The van der Waals surface area contributed by atoms with E-state index < -0.39 is 5.60 Å². The van der Waals surface area contributed by atoms with Crippen LogP contribution in [0.2, 0.25) is 0 Å². The third-order valence-corrected chi connectivity index (χ3v) is 6.44. The molecule has 1 saturated heterocycles. The molecule has 4 aromatic rings. The van der Waals surface area contributed by atoms with E-state index in [2.05, 4.69) is 15.0 Å². The Hall–Kier alpha value is -3.94. The summed E-state index contributed by atoms with van der Waals surface area (Å²) < 4.78 is 12.0. The predicted molar refractivity (Wildman–Crippen MR) is 122 cm³/mol. The molecule has 1 aromatic carbocycles. The van der Waals surface area contributed by atoms with Crippen molar-refractivity contribution in [2.75, 3.05) is 4.90 Å². The zero-order valence-corrected chi connectivity index (χ0v) is 18.0. The second-order valence-electron chi connectivity index (χ2n) is 8.55. The Labute approximate surface area is 190 Å². The number of hydrogen-bond donors (Lipinski definition) is 1. The van der Waals surface area contributed by atoms with E-state index in [1.165, 1.54) is 0 Å². The minimum atomic E-state index is -0.615. The predicted octanol–water partition coefficient (Wildman–Crippen LogP) is 5.55. The Kier molecular flexibility index (Phi) is 4.71. The van der Waals surface area contributed by atoms with Crippen LogP contribution in [-0.4, -0.2) is 31.6 Å². The highest BCUT2D eigenvalue weighted by molar-refractivity contribution is 5.90. The van der Waals surface area contributed by atoms with E-state index in [9.17, 15) is 4.79 Å². The highest BCUT2D eigenvalue weighted by atomic mass is 16.6. The fourth-order valence-electron chi connectivity index (χ4n) is 4.98. The van der Waals surface area contributed by atoms with Gasteiger partial charge >= 0.3 is 6.09 Å². The first-order valence-corrected chi connectivity index (χ1v) is 11.2. The maximum Gasteiger partial charge on any atom is 0.416 e. The van der Waals surface area contributed by atoms with Gasteiger partial charge in [-0.3, -0.25) is 4.98 Å². The molecular weight excluding hydrogens is 418 g/mol. The zero-order chi connectivity index (χ0) is 22.3. The van der Waals surface area contributed by atoms with Crippen molar-refractivity contribution in [1.82, 2.24) is 19.9 Å².